The third-order valence-electron chi connectivity index (χ3n) is 4.01. The Morgan fingerprint density at radius 2 is 2.00 bits per heavy atom. The van der Waals surface area contributed by atoms with E-state index < -0.39 is 12.2 Å². The van der Waals surface area contributed by atoms with Gasteiger partial charge < -0.3 is 14.8 Å². The number of methoxy groups -OCH3 is 1. The van der Waals surface area contributed by atoms with E-state index >= 15 is 0 Å². The first-order chi connectivity index (χ1) is 12.4. The molecule has 0 aliphatic carbocycles. The largest absolute Gasteiger partial charge is 0.486 e. The maximum atomic E-state index is 14.2. The molecule has 0 saturated heterocycles. The highest BCUT2D eigenvalue weighted by Gasteiger charge is 2.18. The number of thiocarbonyl (C=S) groups is 1. The first-order valence-electron chi connectivity index (χ1n) is 8.04. The van der Waals surface area contributed by atoms with Crippen LogP contribution in [-0.4, -0.2) is 12.3 Å². The minimum Gasteiger partial charge on any atom is -0.486 e. The minimum atomic E-state index is -2.71. The predicted octanol–water partition coefficient (Wildman–Crippen LogP) is 5.56. The van der Waals surface area contributed by atoms with Crippen molar-refractivity contribution in [3.63, 3.8) is 0 Å². The van der Waals surface area contributed by atoms with Crippen molar-refractivity contribution in [2.24, 2.45) is 0 Å². The summed E-state index contributed by atoms with van der Waals surface area (Å²) in [5.41, 5.74) is 2.06. The molecule has 1 N–H and O–H groups in total. The predicted molar refractivity (Wildman–Crippen MR) is 99.5 cm³/mol. The van der Waals surface area contributed by atoms with E-state index in [-0.39, 0.29) is 28.7 Å². The van der Waals surface area contributed by atoms with Gasteiger partial charge in [0.05, 0.1) is 7.11 Å². The molecule has 0 radical (unpaired) electrons. The Bertz CT molecular complexity index is 797. The lowest BCUT2D eigenvalue weighted by Crippen LogP contribution is -2.14. The van der Waals surface area contributed by atoms with Gasteiger partial charge in [-0.05, 0) is 54.9 Å². The number of hydrogen-bond donors (Lipinski definition) is 1. The molecule has 2 aromatic rings. The fraction of sp³-hybridized carbons (Fsp3) is 0.316. The lowest BCUT2D eigenvalue weighted by atomic mass is 10.1. The zero-order chi connectivity index (χ0) is 19.3. The molecule has 3 nitrogen and oxygen atoms in total. The zero-order valence-corrected chi connectivity index (χ0v) is 15.6. The van der Waals surface area contributed by atoms with E-state index in [1.165, 1.54) is 25.3 Å². The van der Waals surface area contributed by atoms with Crippen LogP contribution >= 0.6 is 12.2 Å². The van der Waals surface area contributed by atoms with Gasteiger partial charge in [0.15, 0.2) is 11.6 Å². The van der Waals surface area contributed by atoms with Gasteiger partial charge in [0, 0.05) is 16.8 Å². The van der Waals surface area contributed by atoms with Crippen LogP contribution in [0, 0.1) is 12.7 Å². The lowest BCUT2D eigenvalue weighted by Gasteiger charge is -2.17. The molecule has 0 aliphatic heterocycles. The summed E-state index contributed by atoms with van der Waals surface area (Å²) in [7, 11) is 1.37. The normalized spacial score (nSPS) is 10.7. The molecule has 0 atom stereocenters. The molecule has 2 aromatic carbocycles. The summed E-state index contributed by atoms with van der Waals surface area (Å²) >= 11 is 4.93. The van der Waals surface area contributed by atoms with Crippen LogP contribution in [0.3, 0.4) is 0 Å². The summed E-state index contributed by atoms with van der Waals surface area (Å²) in [6, 6.07) is 7.34. The fourth-order valence-corrected chi connectivity index (χ4v) is 2.70. The zero-order valence-electron chi connectivity index (χ0n) is 14.7. The van der Waals surface area contributed by atoms with Crippen molar-refractivity contribution < 1.29 is 22.6 Å². The van der Waals surface area contributed by atoms with Crippen LogP contribution in [-0.2, 0) is 17.8 Å². The molecule has 140 valence electrons. The second-order valence-corrected chi connectivity index (χ2v) is 6.01. The Balaban J connectivity index is 2.33. The van der Waals surface area contributed by atoms with Crippen LogP contribution in [0.15, 0.2) is 30.3 Å². The Hall–Kier alpha value is -2.28. The van der Waals surface area contributed by atoms with Gasteiger partial charge in [0.1, 0.15) is 6.61 Å². The van der Waals surface area contributed by atoms with E-state index in [9.17, 15) is 13.2 Å². The van der Waals surface area contributed by atoms with Crippen LogP contribution in [0.1, 0.15) is 35.6 Å². The van der Waals surface area contributed by atoms with Crippen molar-refractivity contribution in [2.75, 3.05) is 12.4 Å². The fourth-order valence-electron chi connectivity index (χ4n) is 2.59. The molecule has 0 fully saturated rings. The van der Waals surface area contributed by atoms with Gasteiger partial charge in [0.25, 0.3) is 11.6 Å². The van der Waals surface area contributed by atoms with Crippen molar-refractivity contribution in [2.45, 2.75) is 33.3 Å². The van der Waals surface area contributed by atoms with Gasteiger partial charge in [-0.25, -0.2) is 13.2 Å². The van der Waals surface area contributed by atoms with E-state index in [0.717, 1.165) is 11.1 Å². The quantitative estimate of drug-likeness (QED) is 0.662. The second-order valence-electron chi connectivity index (χ2n) is 5.64. The Labute approximate surface area is 156 Å². The van der Waals surface area contributed by atoms with Crippen molar-refractivity contribution >= 4 is 23.1 Å². The smallest absolute Gasteiger partial charge is 0.264 e. The number of halogens is 3. The first kappa shape index (κ1) is 20.0. The summed E-state index contributed by atoms with van der Waals surface area (Å²) in [6.07, 6.45) is -2.01. The van der Waals surface area contributed by atoms with E-state index in [1.807, 2.05) is 13.8 Å². The van der Waals surface area contributed by atoms with Crippen LogP contribution in [0.25, 0.3) is 0 Å². The average molecular weight is 383 g/mol. The van der Waals surface area contributed by atoms with E-state index in [0.29, 0.717) is 12.1 Å². The first-order valence-corrected chi connectivity index (χ1v) is 8.44. The third-order valence-corrected chi connectivity index (χ3v) is 4.28. The van der Waals surface area contributed by atoms with Gasteiger partial charge in [0.2, 0.25) is 0 Å². The molecule has 0 heterocycles. The van der Waals surface area contributed by atoms with Crippen molar-refractivity contribution in [1.29, 1.82) is 0 Å². The number of hydrogen-bond acceptors (Lipinski definition) is 3. The highest BCUT2D eigenvalue weighted by atomic mass is 32.1. The highest BCUT2D eigenvalue weighted by molar-refractivity contribution is 7.80. The molecule has 0 unspecified atom stereocenters. The summed E-state index contributed by atoms with van der Waals surface area (Å²) < 4.78 is 51.3. The Morgan fingerprint density at radius 1 is 1.27 bits per heavy atom. The number of rotatable bonds is 6. The molecule has 0 aliphatic rings. The van der Waals surface area contributed by atoms with Crippen molar-refractivity contribution in [3.8, 4) is 5.75 Å². The molecule has 7 heteroatoms. The highest BCUT2D eigenvalue weighted by Crippen LogP contribution is 2.31. The van der Waals surface area contributed by atoms with Gasteiger partial charge in [-0.15, -0.1) is 0 Å². The van der Waals surface area contributed by atoms with E-state index in [4.69, 9.17) is 21.7 Å². The molecule has 0 aromatic heterocycles. The molecular weight excluding hydrogens is 363 g/mol. The maximum Gasteiger partial charge on any atom is 0.264 e. The molecule has 26 heavy (non-hydrogen) atoms. The van der Waals surface area contributed by atoms with Crippen molar-refractivity contribution in [3.05, 3.63) is 58.4 Å². The molecular formula is C19H20F3NO2S. The average Bonchev–Trinajstić information content (AvgIpc) is 2.62. The van der Waals surface area contributed by atoms with Gasteiger partial charge >= 0.3 is 0 Å². The molecule has 0 spiro atoms. The van der Waals surface area contributed by atoms with Crippen LogP contribution in [0.5, 0.6) is 5.75 Å². The number of aryl methyl sites for hydroxylation is 2. The minimum absolute atomic E-state index is 0.0176. The molecule has 0 bridgehead atoms. The van der Waals surface area contributed by atoms with Crippen molar-refractivity contribution in [1.82, 2.24) is 0 Å². The number of anilines is 1. The van der Waals surface area contributed by atoms with E-state index in [1.54, 1.807) is 12.1 Å². The molecule has 2 rings (SSSR count). The van der Waals surface area contributed by atoms with Crippen LogP contribution in [0.2, 0.25) is 0 Å². The Kier molecular flexibility index (Phi) is 6.85. The third kappa shape index (κ3) is 4.66. The SMILES string of the molecule is CCc1cc(F)c(OCc2c(NC(=S)OC)cccc2C(F)F)cc1C. The molecule has 0 amide bonds. The summed E-state index contributed by atoms with van der Waals surface area (Å²) in [5, 5.41) is 2.77. The van der Waals surface area contributed by atoms with Crippen LogP contribution < -0.4 is 10.1 Å². The maximum absolute atomic E-state index is 14.2. The van der Waals surface area contributed by atoms with Crippen LogP contribution in [0.4, 0.5) is 18.9 Å². The monoisotopic (exact) mass is 383 g/mol. The Morgan fingerprint density at radius 3 is 2.62 bits per heavy atom. The lowest BCUT2D eigenvalue weighted by molar-refractivity contribution is 0.148. The topological polar surface area (TPSA) is 30.5 Å². The standard InChI is InChI=1S/C19H20F3NO2S/c1-4-12-9-15(20)17(8-11(12)2)25-10-14-13(18(21)22)6-5-7-16(14)23-19(26)24-3/h5-9,18H,4,10H2,1-3H3,(H,23,26). The second kappa shape index (κ2) is 8.89. The molecule has 0 saturated carbocycles. The summed E-state index contributed by atoms with van der Waals surface area (Å²) in [6.45, 7) is 3.54. The van der Waals surface area contributed by atoms with Gasteiger partial charge in [-0.1, -0.05) is 19.1 Å². The van der Waals surface area contributed by atoms with E-state index in [2.05, 4.69) is 5.32 Å². The number of alkyl halides is 2. The number of ether oxygens (including phenoxy) is 2. The summed E-state index contributed by atoms with van der Waals surface area (Å²) in [5.74, 6) is -0.507. The number of benzene rings is 2. The van der Waals surface area contributed by atoms with Gasteiger partial charge in [-0.3, -0.25) is 0 Å². The summed E-state index contributed by atoms with van der Waals surface area (Å²) in [4.78, 5) is 0. The number of nitrogens with one attached hydrogen (secondary N) is 1. The van der Waals surface area contributed by atoms with Gasteiger partial charge in [-0.2, -0.15) is 0 Å².